The highest BCUT2D eigenvalue weighted by atomic mass is 16.5. The Bertz CT molecular complexity index is 839. The first-order valence-corrected chi connectivity index (χ1v) is 7.20. The summed E-state index contributed by atoms with van der Waals surface area (Å²) in [4.78, 5) is 0. The first-order valence-electron chi connectivity index (χ1n) is 7.20. The number of benzene rings is 1. The van der Waals surface area contributed by atoms with Crippen LogP contribution in [0.25, 0.3) is 5.95 Å². The molecule has 2 heterocycles. The fraction of sp³-hybridized carbons (Fsp3) is 0.200. The summed E-state index contributed by atoms with van der Waals surface area (Å²) in [5, 5.41) is 24.2. The van der Waals surface area contributed by atoms with Crippen molar-refractivity contribution < 1.29 is 4.74 Å². The number of hydrogen-bond donors (Lipinski definition) is 1. The van der Waals surface area contributed by atoms with Gasteiger partial charge < -0.3 is 4.74 Å². The van der Waals surface area contributed by atoms with Gasteiger partial charge in [0.05, 0.1) is 19.0 Å². The molecule has 1 aromatic carbocycles. The van der Waals surface area contributed by atoms with Gasteiger partial charge in [0.1, 0.15) is 5.75 Å². The van der Waals surface area contributed by atoms with Crippen molar-refractivity contribution in [3.8, 4) is 11.7 Å². The molecule has 9 nitrogen and oxygen atoms in total. The zero-order valence-electron chi connectivity index (χ0n) is 13.5. The Morgan fingerprint density at radius 1 is 1.08 bits per heavy atom. The van der Waals surface area contributed by atoms with Crippen LogP contribution in [-0.4, -0.2) is 43.5 Å². The third-order valence-corrected chi connectivity index (χ3v) is 3.16. The van der Waals surface area contributed by atoms with E-state index in [1.165, 1.54) is 0 Å². The molecule has 0 unspecified atom stereocenters. The average molecular weight is 324 g/mol. The molecule has 2 aromatic heterocycles. The van der Waals surface area contributed by atoms with Gasteiger partial charge in [-0.25, -0.2) is 10.1 Å². The molecule has 3 rings (SSSR count). The van der Waals surface area contributed by atoms with E-state index < -0.39 is 0 Å². The van der Waals surface area contributed by atoms with E-state index in [4.69, 9.17) is 4.74 Å². The predicted octanol–water partition coefficient (Wildman–Crippen LogP) is 1.52. The lowest BCUT2D eigenvalue weighted by Gasteiger charge is -2.01. The molecular weight excluding hydrogens is 308 g/mol. The number of anilines is 1. The molecule has 0 amide bonds. The van der Waals surface area contributed by atoms with Gasteiger partial charge in [-0.2, -0.15) is 10.2 Å². The number of aryl methyl sites for hydroxylation is 2. The molecular formula is C15H16N8O. The molecule has 0 bridgehead atoms. The number of methoxy groups -OCH3 is 1. The second kappa shape index (κ2) is 6.82. The SMILES string of the molecule is COc1ccc(C=NNc2nnc(-n3nc(C)cc3C)nn2)cc1. The molecule has 0 aliphatic heterocycles. The molecule has 1 N–H and O–H groups in total. The van der Waals surface area contributed by atoms with Crippen LogP contribution in [0.1, 0.15) is 17.0 Å². The molecule has 122 valence electrons. The molecule has 0 saturated carbocycles. The van der Waals surface area contributed by atoms with Gasteiger partial charge in [0.15, 0.2) is 0 Å². The standard InChI is InChI=1S/C15H16N8O/c1-10-8-11(2)23(22-10)15-20-18-14(19-21-15)17-16-9-12-4-6-13(24-3)7-5-12/h4-9H,1-3H3,(H,17,18,19). The Hall–Kier alpha value is -3.36. The van der Waals surface area contributed by atoms with Crippen molar-refractivity contribution in [2.75, 3.05) is 12.5 Å². The second-order valence-electron chi connectivity index (χ2n) is 5.01. The summed E-state index contributed by atoms with van der Waals surface area (Å²) >= 11 is 0. The fourth-order valence-corrected chi connectivity index (χ4v) is 2.04. The highest BCUT2D eigenvalue weighted by Gasteiger charge is 2.07. The summed E-state index contributed by atoms with van der Waals surface area (Å²) in [5.74, 6) is 1.30. The van der Waals surface area contributed by atoms with Crippen molar-refractivity contribution >= 4 is 12.2 Å². The molecule has 0 aliphatic carbocycles. The summed E-state index contributed by atoms with van der Waals surface area (Å²) in [6, 6.07) is 9.39. The first-order chi connectivity index (χ1) is 11.7. The van der Waals surface area contributed by atoms with Gasteiger partial charge in [-0.1, -0.05) is 0 Å². The van der Waals surface area contributed by atoms with Crippen molar-refractivity contribution in [2.45, 2.75) is 13.8 Å². The van der Waals surface area contributed by atoms with Crippen molar-refractivity contribution in [1.82, 2.24) is 30.2 Å². The molecule has 24 heavy (non-hydrogen) atoms. The highest BCUT2D eigenvalue weighted by Crippen LogP contribution is 2.10. The largest absolute Gasteiger partial charge is 0.497 e. The number of rotatable bonds is 5. The second-order valence-corrected chi connectivity index (χ2v) is 5.01. The summed E-state index contributed by atoms with van der Waals surface area (Å²) in [6.45, 7) is 3.81. The molecule has 0 saturated heterocycles. The Kier molecular flexibility index (Phi) is 4.41. The van der Waals surface area contributed by atoms with Crippen molar-refractivity contribution in [3.05, 3.63) is 47.3 Å². The van der Waals surface area contributed by atoms with E-state index >= 15 is 0 Å². The van der Waals surface area contributed by atoms with Crippen LogP contribution in [0, 0.1) is 13.8 Å². The van der Waals surface area contributed by atoms with Crippen LogP contribution in [0.2, 0.25) is 0 Å². The molecule has 0 aliphatic rings. The van der Waals surface area contributed by atoms with Crippen LogP contribution in [0.5, 0.6) is 5.75 Å². The Morgan fingerprint density at radius 3 is 2.38 bits per heavy atom. The van der Waals surface area contributed by atoms with Crippen LogP contribution in [0.15, 0.2) is 35.4 Å². The number of ether oxygens (including phenoxy) is 1. The van der Waals surface area contributed by atoms with Crippen LogP contribution < -0.4 is 10.2 Å². The molecule has 0 spiro atoms. The predicted molar refractivity (Wildman–Crippen MR) is 88.4 cm³/mol. The van der Waals surface area contributed by atoms with Crippen molar-refractivity contribution in [1.29, 1.82) is 0 Å². The highest BCUT2D eigenvalue weighted by molar-refractivity contribution is 5.80. The normalized spacial score (nSPS) is 11.0. The molecule has 0 atom stereocenters. The van der Waals surface area contributed by atoms with E-state index in [9.17, 15) is 0 Å². The van der Waals surface area contributed by atoms with Gasteiger partial charge >= 0.3 is 0 Å². The lowest BCUT2D eigenvalue weighted by Crippen LogP contribution is -2.10. The number of nitrogens with zero attached hydrogens (tertiary/aromatic N) is 7. The number of hydrogen-bond acceptors (Lipinski definition) is 8. The maximum atomic E-state index is 5.10. The molecule has 0 fully saturated rings. The van der Waals surface area contributed by atoms with Crippen molar-refractivity contribution in [2.24, 2.45) is 5.10 Å². The fourth-order valence-electron chi connectivity index (χ4n) is 2.04. The van der Waals surface area contributed by atoms with E-state index in [1.54, 1.807) is 18.0 Å². The number of nitrogens with one attached hydrogen (secondary N) is 1. The van der Waals surface area contributed by atoms with E-state index in [1.807, 2.05) is 44.2 Å². The lowest BCUT2D eigenvalue weighted by atomic mass is 10.2. The van der Waals surface area contributed by atoms with Gasteiger partial charge in [0.2, 0.25) is 0 Å². The summed E-state index contributed by atoms with van der Waals surface area (Å²) in [7, 11) is 1.62. The summed E-state index contributed by atoms with van der Waals surface area (Å²) in [5.41, 5.74) is 5.38. The smallest absolute Gasteiger partial charge is 0.289 e. The van der Waals surface area contributed by atoms with Gasteiger partial charge in [-0.05, 0) is 49.7 Å². The topological polar surface area (TPSA) is 103 Å². The minimum atomic E-state index is 0.199. The quantitative estimate of drug-likeness (QED) is 0.560. The first kappa shape index (κ1) is 15.5. The summed E-state index contributed by atoms with van der Waals surface area (Å²) < 4.78 is 6.68. The average Bonchev–Trinajstić information content (AvgIpc) is 2.94. The molecule has 0 radical (unpaired) electrons. The third kappa shape index (κ3) is 3.51. The van der Waals surface area contributed by atoms with Gasteiger partial charge in [0, 0.05) is 5.69 Å². The number of aromatic nitrogens is 6. The zero-order chi connectivity index (χ0) is 16.9. The maximum absolute atomic E-state index is 5.10. The van der Waals surface area contributed by atoms with Crippen LogP contribution >= 0.6 is 0 Å². The van der Waals surface area contributed by atoms with Gasteiger partial charge in [-0.3, -0.25) is 0 Å². The third-order valence-electron chi connectivity index (χ3n) is 3.16. The Balaban J connectivity index is 1.65. The van der Waals surface area contributed by atoms with Crippen LogP contribution in [0.3, 0.4) is 0 Å². The lowest BCUT2D eigenvalue weighted by molar-refractivity contribution is 0.415. The maximum Gasteiger partial charge on any atom is 0.289 e. The van der Waals surface area contributed by atoms with Crippen LogP contribution in [0.4, 0.5) is 5.95 Å². The van der Waals surface area contributed by atoms with E-state index in [0.717, 1.165) is 22.7 Å². The monoisotopic (exact) mass is 324 g/mol. The van der Waals surface area contributed by atoms with E-state index in [0.29, 0.717) is 5.95 Å². The minimum absolute atomic E-state index is 0.199. The summed E-state index contributed by atoms with van der Waals surface area (Å²) in [6.07, 6.45) is 1.64. The van der Waals surface area contributed by atoms with Gasteiger partial charge in [-0.15, -0.1) is 20.4 Å². The van der Waals surface area contributed by atoms with Crippen LogP contribution in [-0.2, 0) is 0 Å². The Morgan fingerprint density at radius 2 is 1.79 bits per heavy atom. The number of hydrazone groups is 1. The zero-order valence-corrected chi connectivity index (χ0v) is 13.5. The van der Waals surface area contributed by atoms with Crippen molar-refractivity contribution in [3.63, 3.8) is 0 Å². The van der Waals surface area contributed by atoms with E-state index in [-0.39, 0.29) is 5.95 Å². The van der Waals surface area contributed by atoms with Gasteiger partial charge in [0.25, 0.3) is 11.9 Å². The minimum Gasteiger partial charge on any atom is -0.497 e. The Labute approximate surface area is 138 Å². The molecule has 9 heteroatoms. The van der Waals surface area contributed by atoms with E-state index in [2.05, 4.69) is 36.0 Å². The molecule has 3 aromatic rings.